The fourth-order valence-electron chi connectivity index (χ4n) is 1.74. The SMILES string of the molecule is CN(CC(=O)Nc1ccccc1C(F)(F)F)CC(O)C(F)(F)F. The van der Waals surface area contributed by atoms with Crippen molar-refractivity contribution in [3.8, 4) is 0 Å². The first kappa shape index (κ1) is 19.2. The number of benzene rings is 1. The van der Waals surface area contributed by atoms with Crippen LogP contribution in [0, 0.1) is 0 Å². The molecule has 0 aliphatic rings. The van der Waals surface area contributed by atoms with Crippen molar-refractivity contribution >= 4 is 11.6 Å². The van der Waals surface area contributed by atoms with Gasteiger partial charge in [0.15, 0.2) is 6.10 Å². The number of alkyl halides is 6. The van der Waals surface area contributed by atoms with Gasteiger partial charge in [0.1, 0.15) is 0 Å². The summed E-state index contributed by atoms with van der Waals surface area (Å²) < 4.78 is 74.8. The van der Waals surface area contributed by atoms with Crippen LogP contribution in [-0.2, 0) is 11.0 Å². The number of rotatable bonds is 5. The highest BCUT2D eigenvalue weighted by Gasteiger charge is 2.39. The topological polar surface area (TPSA) is 52.6 Å². The Labute approximate surface area is 127 Å². The predicted molar refractivity (Wildman–Crippen MR) is 69.6 cm³/mol. The third-order valence-electron chi connectivity index (χ3n) is 2.78. The molecular formula is C13H14F6N2O2. The van der Waals surface area contributed by atoms with Gasteiger partial charge in [-0.25, -0.2) is 0 Å². The number of nitrogens with one attached hydrogen (secondary N) is 1. The van der Waals surface area contributed by atoms with Crippen LogP contribution in [0.25, 0.3) is 0 Å². The van der Waals surface area contributed by atoms with Gasteiger partial charge in [0, 0.05) is 6.54 Å². The Morgan fingerprint density at radius 3 is 2.30 bits per heavy atom. The molecule has 1 unspecified atom stereocenters. The minimum absolute atomic E-state index is 0.491. The average molecular weight is 344 g/mol. The van der Waals surface area contributed by atoms with Crippen molar-refractivity contribution in [2.24, 2.45) is 0 Å². The van der Waals surface area contributed by atoms with Crippen LogP contribution in [0.1, 0.15) is 5.56 Å². The summed E-state index contributed by atoms with van der Waals surface area (Å²) in [7, 11) is 1.13. The van der Waals surface area contributed by atoms with E-state index < -0.39 is 48.7 Å². The standard InChI is InChI=1S/C13H14F6N2O2/c1-21(6-10(22)13(17,18)19)7-11(23)20-9-5-3-2-4-8(9)12(14,15)16/h2-5,10,22H,6-7H2,1H3,(H,20,23). The number of carbonyl (C=O) groups is 1. The molecule has 0 heterocycles. The molecule has 23 heavy (non-hydrogen) atoms. The molecule has 2 N–H and O–H groups in total. The lowest BCUT2D eigenvalue weighted by molar-refractivity contribution is -0.207. The normalized spacial score (nSPS) is 14.0. The minimum atomic E-state index is -4.84. The summed E-state index contributed by atoms with van der Waals surface area (Å²) in [5.74, 6) is -0.932. The molecule has 0 bridgehead atoms. The quantitative estimate of drug-likeness (QED) is 0.807. The van der Waals surface area contributed by atoms with Crippen LogP contribution in [-0.4, -0.2) is 48.3 Å². The number of halogens is 6. The fraction of sp³-hybridized carbons (Fsp3) is 0.462. The number of aliphatic hydroxyl groups excluding tert-OH is 1. The molecule has 0 aliphatic carbocycles. The average Bonchev–Trinajstić information content (AvgIpc) is 2.36. The van der Waals surface area contributed by atoms with Gasteiger partial charge < -0.3 is 10.4 Å². The van der Waals surface area contributed by atoms with E-state index in [2.05, 4.69) is 0 Å². The Kier molecular flexibility index (Phi) is 6.00. The first-order chi connectivity index (χ1) is 10.4. The summed E-state index contributed by atoms with van der Waals surface area (Å²) in [5, 5.41) is 10.9. The Morgan fingerprint density at radius 2 is 1.78 bits per heavy atom. The maximum Gasteiger partial charge on any atom is 0.418 e. The van der Waals surface area contributed by atoms with Gasteiger partial charge in [0.25, 0.3) is 0 Å². The third-order valence-corrected chi connectivity index (χ3v) is 2.78. The monoisotopic (exact) mass is 344 g/mol. The van der Waals surface area contributed by atoms with E-state index in [0.29, 0.717) is 0 Å². The molecule has 1 rings (SSSR count). The van der Waals surface area contributed by atoms with Gasteiger partial charge in [-0.3, -0.25) is 9.69 Å². The highest BCUT2D eigenvalue weighted by Crippen LogP contribution is 2.34. The van der Waals surface area contributed by atoms with E-state index in [1.54, 1.807) is 0 Å². The lowest BCUT2D eigenvalue weighted by atomic mass is 10.1. The predicted octanol–water partition coefficient (Wildman–Crippen LogP) is 2.50. The molecule has 4 nitrogen and oxygen atoms in total. The van der Waals surface area contributed by atoms with Crippen molar-refractivity contribution in [3.63, 3.8) is 0 Å². The largest absolute Gasteiger partial charge is 0.418 e. The number of amides is 1. The Bertz CT molecular complexity index is 544. The second kappa shape index (κ2) is 7.18. The van der Waals surface area contributed by atoms with Crippen LogP contribution in [0.4, 0.5) is 32.0 Å². The van der Waals surface area contributed by atoms with Crippen molar-refractivity contribution in [1.29, 1.82) is 0 Å². The Hall–Kier alpha value is -1.81. The zero-order valence-electron chi connectivity index (χ0n) is 11.9. The molecule has 1 amide bonds. The number of likely N-dealkylation sites (N-methyl/N-ethyl adjacent to an activating group) is 1. The second-order valence-corrected chi connectivity index (χ2v) is 4.85. The number of hydrogen-bond donors (Lipinski definition) is 2. The first-order valence-corrected chi connectivity index (χ1v) is 6.30. The molecule has 0 saturated heterocycles. The molecule has 1 aromatic rings. The molecule has 0 spiro atoms. The summed E-state index contributed by atoms with van der Waals surface area (Å²) >= 11 is 0. The van der Waals surface area contributed by atoms with Crippen LogP contribution < -0.4 is 5.32 Å². The fourth-order valence-corrected chi connectivity index (χ4v) is 1.74. The van der Waals surface area contributed by atoms with Crippen molar-refractivity contribution in [2.45, 2.75) is 18.5 Å². The number of para-hydroxylation sites is 1. The summed E-state index contributed by atoms with van der Waals surface area (Å²) in [6.45, 7) is -1.49. The minimum Gasteiger partial charge on any atom is -0.382 e. The lowest BCUT2D eigenvalue weighted by Gasteiger charge is -2.22. The van der Waals surface area contributed by atoms with E-state index in [1.165, 1.54) is 6.07 Å². The molecule has 1 aromatic carbocycles. The Morgan fingerprint density at radius 1 is 1.22 bits per heavy atom. The highest BCUT2D eigenvalue weighted by atomic mass is 19.4. The van der Waals surface area contributed by atoms with Gasteiger partial charge in [0.05, 0.1) is 17.8 Å². The van der Waals surface area contributed by atoms with E-state index in [0.717, 1.165) is 30.1 Å². The number of hydrogen-bond acceptors (Lipinski definition) is 3. The van der Waals surface area contributed by atoms with Gasteiger partial charge in [-0.2, -0.15) is 26.3 Å². The molecule has 0 fully saturated rings. The van der Waals surface area contributed by atoms with Crippen LogP contribution >= 0.6 is 0 Å². The number of aliphatic hydroxyl groups is 1. The zero-order chi connectivity index (χ0) is 17.8. The van der Waals surface area contributed by atoms with E-state index in [1.807, 2.05) is 5.32 Å². The smallest absolute Gasteiger partial charge is 0.382 e. The van der Waals surface area contributed by atoms with E-state index in [9.17, 15) is 31.1 Å². The maximum atomic E-state index is 12.7. The highest BCUT2D eigenvalue weighted by molar-refractivity contribution is 5.93. The van der Waals surface area contributed by atoms with Crippen molar-refractivity contribution in [2.75, 3.05) is 25.5 Å². The summed E-state index contributed by atoms with van der Waals surface area (Å²) in [6.07, 6.45) is -12.2. The van der Waals surface area contributed by atoms with Gasteiger partial charge in [-0.05, 0) is 19.2 Å². The molecule has 10 heteroatoms. The number of carbonyl (C=O) groups excluding carboxylic acids is 1. The summed E-state index contributed by atoms with van der Waals surface area (Å²) in [5.41, 5.74) is -1.55. The lowest BCUT2D eigenvalue weighted by Crippen LogP contribution is -2.42. The van der Waals surface area contributed by atoms with Crippen LogP contribution in [0.2, 0.25) is 0 Å². The van der Waals surface area contributed by atoms with Crippen molar-refractivity contribution in [1.82, 2.24) is 4.90 Å². The van der Waals surface area contributed by atoms with E-state index >= 15 is 0 Å². The second-order valence-electron chi connectivity index (χ2n) is 4.85. The van der Waals surface area contributed by atoms with Gasteiger partial charge in [-0.1, -0.05) is 12.1 Å². The molecule has 1 atom stereocenters. The first-order valence-electron chi connectivity index (χ1n) is 6.30. The number of anilines is 1. The van der Waals surface area contributed by atoms with Gasteiger partial charge in [-0.15, -0.1) is 0 Å². The van der Waals surface area contributed by atoms with Crippen LogP contribution in [0.15, 0.2) is 24.3 Å². The van der Waals surface area contributed by atoms with Crippen LogP contribution in [0.3, 0.4) is 0 Å². The molecule has 0 aromatic heterocycles. The maximum absolute atomic E-state index is 12.7. The van der Waals surface area contributed by atoms with Gasteiger partial charge >= 0.3 is 12.4 Å². The van der Waals surface area contributed by atoms with Gasteiger partial charge in [0.2, 0.25) is 5.91 Å². The van der Waals surface area contributed by atoms with Crippen LogP contribution in [0.5, 0.6) is 0 Å². The summed E-state index contributed by atoms with van der Waals surface area (Å²) in [4.78, 5) is 12.5. The van der Waals surface area contributed by atoms with E-state index in [-0.39, 0.29) is 0 Å². The Balaban J connectivity index is 2.68. The zero-order valence-corrected chi connectivity index (χ0v) is 11.9. The molecule has 0 aliphatic heterocycles. The third kappa shape index (κ3) is 6.06. The molecule has 0 radical (unpaired) electrons. The molecule has 0 saturated carbocycles. The molecule has 130 valence electrons. The van der Waals surface area contributed by atoms with Crippen molar-refractivity contribution in [3.05, 3.63) is 29.8 Å². The number of nitrogens with zero attached hydrogens (tertiary/aromatic N) is 1. The van der Waals surface area contributed by atoms with Crippen molar-refractivity contribution < 1.29 is 36.2 Å². The summed E-state index contributed by atoms with van der Waals surface area (Å²) in [6, 6.07) is 4.23. The molecular weight excluding hydrogens is 330 g/mol. The van der Waals surface area contributed by atoms with E-state index in [4.69, 9.17) is 5.11 Å².